The number of rotatable bonds is 6. The van der Waals surface area contributed by atoms with Crippen LogP contribution in [0.3, 0.4) is 0 Å². The summed E-state index contributed by atoms with van der Waals surface area (Å²) in [5.74, 6) is 1.74. The van der Waals surface area contributed by atoms with E-state index in [4.69, 9.17) is 4.74 Å². The summed E-state index contributed by atoms with van der Waals surface area (Å²) in [6.07, 6.45) is 4.44. The van der Waals surface area contributed by atoms with Gasteiger partial charge < -0.3 is 20.3 Å². The standard InChI is InChI=1S/C26H33N3O2.ClH/c1-4-18-10-11-22(25(28-18)16-8-6-5-7-9-16)27-15-17-12-23-20(14-24(17)31-3)19-13-21(19)26(30)29(23)2;/h5-9,12,14,18-19,21-22,25,27-28H,4,10-11,13,15H2,1-3H3;1H/t18?,19?,21-,22?,25?;/m0./s1. The molecule has 2 aliphatic heterocycles. The van der Waals surface area contributed by atoms with Crippen molar-refractivity contribution in [1.29, 1.82) is 0 Å². The highest BCUT2D eigenvalue weighted by atomic mass is 35.5. The number of carbonyl (C=O) groups is 1. The van der Waals surface area contributed by atoms with Gasteiger partial charge in [-0.05, 0) is 54.9 Å². The molecule has 172 valence electrons. The van der Waals surface area contributed by atoms with Crippen LogP contribution in [0, 0.1) is 5.92 Å². The minimum absolute atomic E-state index is 0. The average Bonchev–Trinajstić information content (AvgIpc) is 3.62. The number of methoxy groups -OCH3 is 1. The van der Waals surface area contributed by atoms with Gasteiger partial charge in [-0.2, -0.15) is 0 Å². The highest BCUT2D eigenvalue weighted by Crippen LogP contribution is 2.56. The summed E-state index contributed by atoms with van der Waals surface area (Å²) < 4.78 is 5.77. The second kappa shape index (κ2) is 9.42. The Morgan fingerprint density at radius 2 is 1.94 bits per heavy atom. The van der Waals surface area contributed by atoms with Crippen LogP contribution in [0.2, 0.25) is 0 Å². The first-order valence-electron chi connectivity index (χ1n) is 11.6. The second-order valence-electron chi connectivity index (χ2n) is 9.29. The molecule has 3 aliphatic rings. The van der Waals surface area contributed by atoms with Gasteiger partial charge in [-0.15, -0.1) is 12.4 Å². The van der Waals surface area contributed by atoms with Gasteiger partial charge in [0.05, 0.1) is 7.11 Å². The molecule has 0 radical (unpaired) electrons. The number of hydrogen-bond donors (Lipinski definition) is 2. The van der Waals surface area contributed by atoms with E-state index in [1.165, 1.54) is 17.5 Å². The fourth-order valence-corrected chi connectivity index (χ4v) is 5.49. The molecule has 0 aromatic heterocycles. The summed E-state index contributed by atoms with van der Waals surface area (Å²) in [5, 5.41) is 7.68. The van der Waals surface area contributed by atoms with Gasteiger partial charge in [0.1, 0.15) is 5.75 Å². The third-order valence-corrected chi connectivity index (χ3v) is 7.48. The van der Waals surface area contributed by atoms with Gasteiger partial charge in [0.15, 0.2) is 0 Å². The number of nitrogens with zero attached hydrogens (tertiary/aromatic N) is 1. The Morgan fingerprint density at radius 1 is 1.16 bits per heavy atom. The zero-order valence-corrected chi connectivity index (χ0v) is 20.0. The minimum Gasteiger partial charge on any atom is -0.496 e. The molecule has 2 aromatic carbocycles. The van der Waals surface area contributed by atoms with Crippen molar-refractivity contribution in [1.82, 2.24) is 10.6 Å². The lowest BCUT2D eigenvalue weighted by Crippen LogP contribution is -2.49. The van der Waals surface area contributed by atoms with Crippen molar-refractivity contribution in [3.05, 3.63) is 59.2 Å². The van der Waals surface area contributed by atoms with Gasteiger partial charge in [0.25, 0.3) is 0 Å². The van der Waals surface area contributed by atoms with Crippen LogP contribution >= 0.6 is 12.4 Å². The molecule has 1 amide bonds. The largest absolute Gasteiger partial charge is 0.496 e. The Kier molecular flexibility index (Phi) is 6.80. The van der Waals surface area contributed by atoms with Gasteiger partial charge in [-0.1, -0.05) is 37.3 Å². The first-order valence-corrected chi connectivity index (χ1v) is 11.6. The number of anilines is 1. The summed E-state index contributed by atoms with van der Waals surface area (Å²) >= 11 is 0. The van der Waals surface area contributed by atoms with Crippen molar-refractivity contribution in [3.8, 4) is 5.75 Å². The fourth-order valence-electron chi connectivity index (χ4n) is 5.49. The summed E-state index contributed by atoms with van der Waals surface area (Å²) in [4.78, 5) is 14.4. The summed E-state index contributed by atoms with van der Waals surface area (Å²) in [5.41, 5.74) is 4.76. The van der Waals surface area contributed by atoms with Crippen molar-refractivity contribution in [3.63, 3.8) is 0 Å². The van der Waals surface area contributed by atoms with Gasteiger partial charge >= 0.3 is 0 Å². The summed E-state index contributed by atoms with van der Waals surface area (Å²) in [7, 11) is 3.65. The van der Waals surface area contributed by atoms with Crippen LogP contribution in [0.5, 0.6) is 5.75 Å². The van der Waals surface area contributed by atoms with E-state index in [1.54, 1.807) is 7.11 Å². The highest BCUT2D eigenvalue weighted by Gasteiger charge is 2.50. The molecule has 5 nitrogen and oxygen atoms in total. The molecule has 0 spiro atoms. The Hall–Kier alpha value is -2.08. The third kappa shape index (κ3) is 4.14. The van der Waals surface area contributed by atoms with E-state index in [-0.39, 0.29) is 24.2 Å². The van der Waals surface area contributed by atoms with E-state index in [1.807, 2.05) is 11.9 Å². The van der Waals surface area contributed by atoms with E-state index >= 15 is 0 Å². The molecule has 1 saturated carbocycles. The lowest BCUT2D eigenvalue weighted by atomic mass is 9.88. The normalized spacial score (nSPS) is 28.4. The monoisotopic (exact) mass is 455 g/mol. The maximum absolute atomic E-state index is 12.5. The molecule has 2 heterocycles. The quantitative estimate of drug-likeness (QED) is 0.670. The van der Waals surface area contributed by atoms with Gasteiger partial charge in [-0.25, -0.2) is 0 Å². The first-order chi connectivity index (χ1) is 15.1. The molecule has 2 N–H and O–H groups in total. The zero-order chi connectivity index (χ0) is 21.5. The van der Waals surface area contributed by atoms with Crippen LogP contribution in [0.1, 0.15) is 61.3 Å². The van der Waals surface area contributed by atoms with Crippen LogP contribution in [0.4, 0.5) is 5.69 Å². The van der Waals surface area contributed by atoms with Crippen LogP contribution in [-0.4, -0.2) is 32.1 Å². The van der Waals surface area contributed by atoms with Crippen LogP contribution in [0.15, 0.2) is 42.5 Å². The number of fused-ring (bicyclic) bond motifs is 3. The lowest BCUT2D eigenvalue weighted by molar-refractivity contribution is -0.119. The molecule has 1 aliphatic carbocycles. The molecule has 4 unspecified atom stereocenters. The Bertz CT molecular complexity index is 967. The number of nitrogens with one attached hydrogen (secondary N) is 2. The molecule has 32 heavy (non-hydrogen) atoms. The second-order valence-corrected chi connectivity index (χ2v) is 9.29. The number of piperidine rings is 1. The van der Waals surface area contributed by atoms with Crippen LogP contribution < -0.4 is 20.3 Å². The minimum atomic E-state index is 0. The van der Waals surface area contributed by atoms with Crippen molar-refractivity contribution < 1.29 is 9.53 Å². The predicted molar refractivity (Wildman–Crippen MR) is 131 cm³/mol. The lowest BCUT2D eigenvalue weighted by Gasteiger charge is -2.38. The van der Waals surface area contributed by atoms with Crippen LogP contribution in [0.25, 0.3) is 0 Å². The molecular weight excluding hydrogens is 422 g/mol. The van der Waals surface area contributed by atoms with Gasteiger partial charge in [0.2, 0.25) is 5.91 Å². The number of carbonyl (C=O) groups excluding carboxylic acids is 1. The van der Waals surface area contributed by atoms with Gasteiger partial charge in [0, 0.05) is 48.9 Å². The van der Waals surface area contributed by atoms with E-state index in [0.717, 1.165) is 42.8 Å². The zero-order valence-electron chi connectivity index (χ0n) is 19.1. The smallest absolute Gasteiger partial charge is 0.230 e. The first kappa shape index (κ1) is 23.1. The average molecular weight is 456 g/mol. The molecule has 6 heteroatoms. The fraction of sp³-hybridized carbons (Fsp3) is 0.500. The molecule has 0 bridgehead atoms. The third-order valence-electron chi connectivity index (χ3n) is 7.48. The molecular formula is C26H34ClN3O2. The Labute approximate surface area is 197 Å². The molecule has 2 aromatic rings. The SMILES string of the molecule is CCC1CCC(NCc2cc3c(cc2OC)C2C[C@@H]2C(=O)N3C)C(c2ccccc2)N1.Cl. The molecule has 1 saturated heterocycles. The number of halogens is 1. The molecule has 5 atom stereocenters. The maximum atomic E-state index is 12.5. The predicted octanol–water partition coefficient (Wildman–Crippen LogP) is 4.56. The van der Waals surface area contributed by atoms with Crippen molar-refractivity contribution in [2.24, 2.45) is 5.92 Å². The van der Waals surface area contributed by atoms with Crippen molar-refractivity contribution >= 4 is 24.0 Å². The van der Waals surface area contributed by atoms with Crippen LogP contribution in [-0.2, 0) is 11.3 Å². The highest BCUT2D eigenvalue weighted by molar-refractivity contribution is 6.01. The summed E-state index contributed by atoms with van der Waals surface area (Å²) in [6, 6.07) is 16.3. The Balaban J connectivity index is 0.00000245. The van der Waals surface area contributed by atoms with E-state index < -0.39 is 0 Å². The number of amides is 1. The van der Waals surface area contributed by atoms with Crippen molar-refractivity contribution in [2.75, 3.05) is 19.1 Å². The van der Waals surface area contributed by atoms with E-state index in [2.05, 4.69) is 60.0 Å². The van der Waals surface area contributed by atoms with Gasteiger partial charge in [-0.3, -0.25) is 4.79 Å². The number of ether oxygens (including phenoxy) is 1. The maximum Gasteiger partial charge on any atom is 0.230 e. The molecule has 5 rings (SSSR count). The topological polar surface area (TPSA) is 53.6 Å². The Morgan fingerprint density at radius 3 is 2.66 bits per heavy atom. The summed E-state index contributed by atoms with van der Waals surface area (Å²) in [6.45, 7) is 2.98. The van der Waals surface area contributed by atoms with E-state index in [0.29, 0.717) is 24.0 Å². The molecule has 2 fully saturated rings. The number of benzene rings is 2. The number of hydrogen-bond acceptors (Lipinski definition) is 4. The van der Waals surface area contributed by atoms with Crippen molar-refractivity contribution in [2.45, 2.75) is 63.2 Å². The van der Waals surface area contributed by atoms with E-state index in [9.17, 15) is 4.79 Å².